The van der Waals surface area contributed by atoms with E-state index < -0.39 is 0 Å². The molecule has 3 N–H and O–H groups in total. The van der Waals surface area contributed by atoms with Gasteiger partial charge in [0.25, 0.3) is 0 Å². The maximum atomic E-state index is 9.66. The molecule has 1 unspecified atom stereocenters. The summed E-state index contributed by atoms with van der Waals surface area (Å²) in [4.78, 5) is 0. The molecule has 0 aromatic heterocycles. The summed E-state index contributed by atoms with van der Waals surface area (Å²) < 4.78 is 0. The van der Waals surface area contributed by atoms with Crippen LogP contribution in [0.1, 0.15) is 24.3 Å². The molecule has 3 heteroatoms. The van der Waals surface area contributed by atoms with Gasteiger partial charge in [0.05, 0.1) is 0 Å². The molecule has 1 atom stereocenters. The largest absolute Gasteiger partial charge is 0.508 e. The lowest BCUT2D eigenvalue weighted by Crippen LogP contribution is -2.28. The van der Waals surface area contributed by atoms with Crippen molar-refractivity contribution in [2.24, 2.45) is 0 Å². The maximum Gasteiger partial charge on any atom is 0.122 e. The van der Waals surface area contributed by atoms with E-state index in [2.05, 4.69) is 5.32 Å². The van der Waals surface area contributed by atoms with Crippen LogP contribution in [-0.4, -0.2) is 23.3 Å². The molecule has 0 bridgehead atoms. The van der Waals surface area contributed by atoms with Gasteiger partial charge in [0.2, 0.25) is 0 Å². The quantitative estimate of drug-likeness (QED) is 0.634. The molecule has 1 aromatic rings. The Morgan fingerprint density at radius 3 is 2.50 bits per heavy atom. The molecule has 1 saturated heterocycles. The third kappa shape index (κ3) is 1.68. The summed E-state index contributed by atoms with van der Waals surface area (Å²) in [6, 6.07) is 4.91. The van der Waals surface area contributed by atoms with E-state index in [1.807, 2.05) is 0 Å². The third-order valence-electron chi connectivity index (χ3n) is 2.77. The van der Waals surface area contributed by atoms with Crippen molar-refractivity contribution in [3.63, 3.8) is 0 Å². The minimum atomic E-state index is 0.207. The first kappa shape index (κ1) is 9.34. The van der Waals surface area contributed by atoms with Crippen LogP contribution in [0.5, 0.6) is 11.5 Å². The van der Waals surface area contributed by atoms with Crippen LogP contribution in [0.2, 0.25) is 0 Å². The Labute approximate surface area is 83.4 Å². The van der Waals surface area contributed by atoms with Gasteiger partial charge in [-0.2, -0.15) is 0 Å². The molecule has 0 radical (unpaired) electrons. The Balaban J connectivity index is 2.29. The highest BCUT2D eigenvalue weighted by Crippen LogP contribution is 2.36. The number of benzene rings is 1. The van der Waals surface area contributed by atoms with Crippen molar-refractivity contribution in [3.05, 3.63) is 23.8 Å². The molecule has 3 nitrogen and oxygen atoms in total. The number of piperidine rings is 1. The summed E-state index contributed by atoms with van der Waals surface area (Å²) in [7, 11) is 0. The van der Waals surface area contributed by atoms with Gasteiger partial charge in [0.1, 0.15) is 11.5 Å². The Hall–Kier alpha value is -1.22. The molecule has 0 spiro atoms. The molecule has 0 saturated carbocycles. The predicted octanol–water partition coefficient (Wildman–Crippen LogP) is 1.56. The molecule has 1 aromatic carbocycles. The monoisotopic (exact) mass is 193 g/mol. The van der Waals surface area contributed by atoms with Crippen molar-refractivity contribution >= 4 is 0 Å². The van der Waals surface area contributed by atoms with Crippen molar-refractivity contribution in [2.75, 3.05) is 13.1 Å². The average Bonchev–Trinajstić information content (AvgIpc) is 2.19. The zero-order chi connectivity index (χ0) is 9.97. The summed E-state index contributed by atoms with van der Waals surface area (Å²) in [5, 5.41) is 22.6. The minimum Gasteiger partial charge on any atom is -0.508 e. The molecule has 14 heavy (non-hydrogen) atoms. The normalized spacial score (nSPS) is 22.1. The van der Waals surface area contributed by atoms with Crippen LogP contribution in [0.15, 0.2) is 18.2 Å². The van der Waals surface area contributed by atoms with Crippen LogP contribution in [-0.2, 0) is 0 Å². The van der Waals surface area contributed by atoms with Crippen LogP contribution >= 0.6 is 0 Å². The van der Waals surface area contributed by atoms with E-state index >= 15 is 0 Å². The van der Waals surface area contributed by atoms with Crippen molar-refractivity contribution in [1.82, 2.24) is 5.32 Å². The fraction of sp³-hybridized carbons (Fsp3) is 0.455. The SMILES string of the molecule is Oc1cccc(O)c1C1CCCNC1. The fourth-order valence-electron chi connectivity index (χ4n) is 2.06. The van der Waals surface area contributed by atoms with Gasteiger partial charge in [-0.15, -0.1) is 0 Å². The summed E-state index contributed by atoms with van der Waals surface area (Å²) in [5.41, 5.74) is 0.694. The van der Waals surface area contributed by atoms with Crippen LogP contribution in [0, 0.1) is 0 Å². The first-order valence-electron chi connectivity index (χ1n) is 5.00. The first-order valence-corrected chi connectivity index (χ1v) is 5.00. The molecule has 1 heterocycles. The lowest BCUT2D eigenvalue weighted by Gasteiger charge is -2.24. The zero-order valence-corrected chi connectivity index (χ0v) is 8.03. The lowest BCUT2D eigenvalue weighted by atomic mass is 9.90. The van der Waals surface area contributed by atoms with Gasteiger partial charge in [0, 0.05) is 18.0 Å². The topological polar surface area (TPSA) is 52.5 Å². The predicted molar refractivity (Wildman–Crippen MR) is 54.6 cm³/mol. The van der Waals surface area contributed by atoms with Crippen LogP contribution in [0.25, 0.3) is 0 Å². The van der Waals surface area contributed by atoms with Gasteiger partial charge >= 0.3 is 0 Å². The van der Waals surface area contributed by atoms with E-state index in [0.717, 1.165) is 25.9 Å². The second-order valence-corrected chi connectivity index (χ2v) is 3.75. The minimum absolute atomic E-state index is 0.207. The highest BCUT2D eigenvalue weighted by Gasteiger charge is 2.20. The summed E-state index contributed by atoms with van der Waals surface area (Å²) in [5.74, 6) is 0.655. The number of rotatable bonds is 1. The Bertz CT molecular complexity index is 299. The third-order valence-corrected chi connectivity index (χ3v) is 2.77. The van der Waals surface area contributed by atoms with Gasteiger partial charge in [-0.1, -0.05) is 6.07 Å². The average molecular weight is 193 g/mol. The maximum absolute atomic E-state index is 9.66. The van der Waals surface area contributed by atoms with E-state index in [4.69, 9.17) is 0 Å². The number of nitrogens with one attached hydrogen (secondary N) is 1. The second kappa shape index (κ2) is 3.88. The highest BCUT2D eigenvalue weighted by molar-refractivity contribution is 5.45. The summed E-state index contributed by atoms with van der Waals surface area (Å²) >= 11 is 0. The van der Waals surface area contributed by atoms with Gasteiger partial charge in [-0.3, -0.25) is 0 Å². The first-order chi connectivity index (χ1) is 6.79. The van der Waals surface area contributed by atoms with Crippen molar-refractivity contribution in [3.8, 4) is 11.5 Å². The Morgan fingerprint density at radius 2 is 1.93 bits per heavy atom. The molecular weight excluding hydrogens is 178 g/mol. The smallest absolute Gasteiger partial charge is 0.122 e. The van der Waals surface area contributed by atoms with Crippen molar-refractivity contribution in [1.29, 1.82) is 0 Å². The van der Waals surface area contributed by atoms with Gasteiger partial charge in [0.15, 0.2) is 0 Å². The molecule has 1 aliphatic rings. The number of hydrogen-bond donors (Lipinski definition) is 3. The fourth-order valence-corrected chi connectivity index (χ4v) is 2.06. The molecule has 0 amide bonds. The van der Waals surface area contributed by atoms with Gasteiger partial charge in [-0.25, -0.2) is 0 Å². The second-order valence-electron chi connectivity index (χ2n) is 3.75. The zero-order valence-electron chi connectivity index (χ0n) is 8.03. The van der Waals surface area contributed by atoms with E-state index in [-0.39, 0.29) is 17.4 Å². The summed E-state index contributed by atoms with van der Waals surface area (Å²) in [6.45, 7) is 1.87. The molecule has 2 rings (SSSR count). The van der Waals surface area contributed by atoms with E-state index in [0.29, 0.717) is 5.56 Å². The Morgan fingerprint density at radius 1 is 1.21 bits per heavy atom. The molecular formula is C11H15NO2. The molecule has 1 fully saturated rings. The highest BCUT2D eigenvalue weighted by atomic mass is 16.3. The number of phenols is 2. The van der Waals surface area contributed by atoms with E-state index in [1.165, 1.54) is 0 Å². The number of phenolic OH excluding ortho intramolecular Hbond substituents is 2. The molecule has 76 valence electrons. The van der Waals surface area contributed by atoms with Gasteiger partial charge in [-0.05, 0) is 31.5 Å². The number of aromatic hydroxyl groups is 2. The van der Waals surface area contributed by atoms with E-state index in [9.17, 15) is 10.2 Å². The summed E-state index contributed by atoms with van der Waals surface area (Å²) in [6.07, 6.45) is 2.12. The van der Waals surface area contributed by atoms with Crippen LogP contribution in [0.4, 0.5) is 0 Å². The standard InChI is InChI=1S/C11H15NO2/c13-9-4-1-5-10(14)11(9)8-3-2-6-12-7-8/h1,4-5,8,12-14H,2-3,6-7H2. The lowest BCUT2D eigenvalue weighted by molar-refractivity contribution is 0.398. The number of hydrogen-bond acceptors (Lipinski definition) is 3. The van der Waals surface area contributed by atoms with Crippen molar-refractivity contribution in [2.45, 2.75) is 18.8 Å². The van der Waals surface area contributed by atoms with E-state index in [1.54, 1.807) is 18.2 Å². The van der Waals surface area contributed by atoms with Crippen LogP contribution < -0.4 is 5.32 Å². The molecule has 1 aliphatic heterocycles. The Kier molecular flexibility index (Phi) is 2.59. The molecule has 0 aliphatic carbocycles. The van der Waals surface area contributed by atoms with Gasteiger partial charge < -0.3 is 15.5 Å². The van der Waals surface area contributed by atoms with Crippen LogP contribution in [0.3, 0.4) is 0 Å². The van der Waals surface area contributed by atoms with Crippen molar-refractivity contribution < 1.29 is 10.2 Å².